The summed E-state index contributed by atoms with van der Waals surface area (Å²) < 4.78 is 0. The van der Waals surface area contributed by atoms with E-state index in [0.717, 1.165) is 12.1 Å². The molecular formula is C17H26N4O2. The molecule has 23 heavy (non-hydrogen) atoms. The summed E-state index contributed by atoms with van der Waals surface area (Å²) in [6.45, 7) is 5.87. The third-order valence-corrected chi connectivity index (χ3v) is 4.95. The zero-order chi connectivity index (χ0) is 16.4. The van der Waals surface area contributed by atoms with Gasteiger partial charge < -0.3 is 15.7 Å². The minimum absolute atomic E-state index is 0.133. The molecule has 0 aliphatic carbocycles. The number of hydrogen-bond acceptors (Lipinski definition) is 5. The van der Waals surface area contributed by atoms with Crippen LogP contribution in [-0.2, 0) is 0 Å². The second kappa shape index (κ2) is 6.57. The largest absolute Gasteiger partial charge is 0.387 e. The number of carbonyl (C=O) groups is 1. The third kappa shape index (κ3) is 3.55. The highest BCUT2D eigenvalue weighted by molar-refractivity contribution is 5.94. The Balaban J connectivity index is 1.68. The van der Waals surface area contributed by atoms with E-state index in [1.807, 2.05) is 18.2 Å². The van der Waals surface area contributed by atoms with Gasteiger partial charge >= 0.3 is 0 Å². The van der Waals surface area contributed by atoms with Gasteiger partial charge in [0, 0.05) is 36.7 Å². The van der Waals surface area contributed by atoms with Gasteiger partial charge in [-0.25, -0.2) is 0 Å². The Morgan fingerprint density at radius 1 is 1.35 bits per heavy atom. The fourth-order valence-corrected chi connectivity index (χ4v) is 3.57. The minimum Gasteiger partial charge on any atom is -0.387 e. The van der Waals surface area contributed by atoms with E-state index < -0.39 is 5.60 Å². The number of rotatable bonds is 4. The fraction of sp³-hybridized carbons (Fsp3) is 0.588. The van der Waals surface area contributed by atoms with Crippen molar-refractivity contribution in [3.63, 3.8) is 0 Å². The topological polar surface area (TPSA) is 85.4 Å². The molecule has 3 unspecified atom stereocenters. The highest BCUT2D eigenvalue weighted by Gasteiger charge is 2.32. The van der Waals surface area contributed by atoms with E-state index in [9.17, 15) is 9.90 Å². The first-order valence-electron chi connectivity index (χ1n) is 8.31. The summed E-state index contributed by atoms with van der Waals surface area (Å²) in [5.41, 5.74) is 7.45. The van der Waals surface area contributed by atoms with Crippen LogP contribution in [0.25, 0.3) is 0 Å². The lowest BCUT2D eigenvalue weighted by Crippen LogP contribution is -2.44. The molecule has 2 heterocycles. The predicted octanol–water partition coefficient (Wildman–Crippen LogP) is 0.109. The van der Waals surface area contributed by atoms with Crippen LogP contribution in [0.15, 0.2) is 24.3 Å². The van der Waals surface area contributed by atoms with Gasteiger partial charge in [-0.15, -0.1) is 0 Å². The van der Waals surface area contributed by atoms with Gasteiger partial charge in [-0.05, 0) is 44.5 Å². The van der Waals surface area contributed by atoms with E-state index in [1.165, 1.54) is 0 Å². The summed E-state index contributed by atoms with van der Waals surface area (Å²) in [5.74, 6) is 0.192. The summed E-state index contributed by atoms with van der Waals surface area (Å²) in [4.78, 5) is 12.4. The van der Waals surface area contributed by atoms with Crippen molar-refractivity contribution in [1.29, 1.82) is 0 Å². The van der Waals surface area contributed by atoms with Crippen molar-refractivity contribution in [3.8, 4) is 0 Å². The van der Waals surface area contributed by atoms with Crippen LogP contribution in [0.2, 0.25) is 0 Å². The standard InChI is InChI=1S/C17H26N4O2/c1-11-15(12(2)21-20-11)13-4-3-5-14(8-13)16(22)19-10-17(23)6-7-18-9-17/h3-5,8,11-12,15,18,20-21,23H,6-7,9-10H2,1-2H3,(H,19,22). The zero-order valence-electron chi connectivity index (χ0n) is 13.7. The Morgan fingerprint density at radius 3 is 2.74 bits per heavy atom. The number of hydrogen-bond donors (Lipinski definition) is 5. The summed E-state index contributed by atoms with van der Waals surface area (Å²) in [6, 6.07) is 8.40. The van der Waals surface area contributed by atoms with Gasteiger partial charge in [-0.1, -0.05) is 12.1 Å². The summed E-state index contributed by atoms with van der Waals surface area (Å²) >= 11 is 0. The highest BCUT2D eigenvalue weighted by Crippen LogP contribution is 2.27. The molecule has 1 aromatic carbocycles. The maximum Gasteiger partial charge on any atom is 0.251 e. The number of benzene rings is 1. The van der Waals surface area contributed by atoms with Gasteiger partial charge in [-0.3, -0.25) is 15.6 Å². The second-order valence-corrected chi connectivity index (χ2v) is 6.85. The summed E-state index contributed by atoms with van der Waals surface area (Å²) in [7, 11) is 0. The first-order chi connectivity index (χ1) is 11.0. The van der Waals surface area contributed by atoms with Crippen molar-refractivity contribution >= 4 is 5.91 Å². The van der Waals surface area contributed by atoms with E-state index in [-0.39, 0.29) is 12.5 Å². The van der Waals surface area contributed by atoms with Gasteiger partial charge in [0.2, 0.25) is 0 Å². The van der Waals surface area contributed by atoms with Crippen LogP contribution < -0.4 is 21.5 Å². The number of nitrogens with one attached hydrogen (secondary N) is 4. The van der Waals surface area contributed by atoms with Crippen molar-refractivity contribution in [2.24, 2.45) is 0 Å². The highest BCUT2D eigenvalue weighted by atomic mass is 16.3. The number of amides is 1. The molecule has 0 spiro atoms. The molecule has 2 fully saturated rings. The van der Waals surface area contributed by atoms with Crippen molar-refractivity contribution < 1.29 is 9.90 Å². The van der Waals surface area contributed by atoms with Crippen molar-refractivity contribution in [2.45, 2.75) is 43.9 Å². The second-order valence-electron chi connectivity index (χ2n) is 6.85. The Labute approximate surface area is 137 Å². The van der Waals surface area contributed by atoms with Gasteiger partial charge in [-0.2, -0.15) is 0 Å². The van der Waals surface area contributed by atoms with Crippen LogP contribution in [-0.4, -0.2) is 48.3 Å². The lowest BCUT2D eigenvalue weighted by molar-refractivity contribution is 0.0562. The quantitative estimate of drug-likeness (QED) is 0.544. The Hall–Kier alpha value is -1.47. The van der Waals surface area contributed by atoms with Gasteiger partial charge in [0.05, 0.1) is 5.60 Å². The molecule has 6 heteroatoms. The van der Waals surface area contributed by atoms with Gasteiger partial charge in [0.1, 0.15) is 0 Å². The molecule has 0 aromatic heterocycles. The molecule has 0 bridgehead atoms. The average Bonchev–Trinajstić information content (AvgIpc) is 3.12. The molecule has 3 atom stereocenters. The van der Waals surface area contributed by atoms with Crippen molar-refractivity contribution in [1.82, 2.24) is 21.5 Å². The Bertz CT molecular complexity index is 561. The summed E-state index contributed by atoms with van der Waals surface area (Å²) in [6.07, 6.45) is 0.668. The lowest BCUT2D eigenvalue weighted by Gasteiger charge is -2.22. The Morgan fingerprint density at radius 2 is 2.09 bits per heavy atom. The van der Waals surface area contributed by atoms with E-state index in [1.54, 1.807) is 0 Å². The van der Waals surface area contributed by atoms with Crippen LogP contribution in [0.3, 0.4) is 0 Å². The van der Waals surface area contributed by atoms with Crippen LogP contribution in [0.4, 0.5) is 0 Å². The normalized spacial score (nSPS) is 33.8. The molecule has 3 rings (SSSR count). The predicted molar refractivity (Wildman–Crippen MR) is 89.1 cm³/mol. The zero-order valence-corrected chi connectivity index (χ0v) is 13.7. The molecule has 126 valence electrons. The molecule has 0 saturated carbocycles. The molecule has 6 nitrogen and oxygen atoms in total. The van der Waals surface area contributed by atoms with E-state index in [2.05, 4.69) is 41.4 Å². The first kappa shape index (κ1) is 16.4. The fourth-order valence-electron chi connectivity index (χ4n) is 3.57. The van der Waals surface area contributed by atoms with Gasteiger partial charge in [0.15, 0.2) is 0 Å². The van der Waals surface area contributed by atoms with Gasteiger partial charge in [0.25, 0.3) is 5.91 Å². The number of β-amino-alcohol motifs (C(OH)–C–C–N with tert-alkyl or cyclic N) is 1. The first-order valence-corrected chi connectivity index (χ1v) is 8.31. The Kier molecular flexibility index (Phi) is 4.68. The molecule has 2 saturated heterocycles. The number of hydrazine groups is 1. The smallest absolute Gasteiger partial charge is 0.251 e. The monoisotopic (exact) mass is 318 g/mol. The van der Waals surface area contributed by atoms with E-state index in [0.29, 0.717) is 36.5 Å². The van der Waals surface area contributed by atoms with Crippen molar-refractivity contribution in [2.75, 3.05) is 19.6 Å². The maximum absolute atomic E-state index is 12.4. The molecule has 2 aliphatic heterocycles. The SMILES string of the molecule is CC1NNC(C)C1c1cccc(C(=O)NCC2(O)CCNC2)c1. The summed E-state index contributed by atoms with van der Waals surface area (Å²) in [5, 5.41) is 16.3. The molecular weight excluding hydrogens is 292 g/mol. The van der Waals surface area contributed by atoms with Crippen molar-refractivity contribution in [3.05, 3.63) is 35.4 Å². The number of carbonyl (C=O) groups excluding carboxylic acids is 1. The van der Waals surface area contributed by atoms with Crippen LogP contribution in [0.5, 0.6) is 0 Å². The van der Waals surface area contributed by atoms with E-state index >= 15 is 0 Å². The van der Waals surface area contributed by atoms with Crippen LogP contribution in [0.1, 0.15) is 42.1 Å². The molecule has 1 amide bonds. The molecule has 1 aromatic rings. The average molecular weight is 318 g/mol. The molecule has 0 radical (unpaired) electrons. The maximum atomic E-state index is 12.4. The van der Waals surface area contributed by atoms with Crippen LogP contribution >= 0.6 is 0 Å². The third-order valence-electron chi connectivity index (χ3n) is 4.95. The van der Waals surface area contributed by atoms with Crippen LogP contribution in [0, 0.1) is 0 Å². The molecule has 2 aliphatic rings. The van der Waals surface area contributed by atoms with E-state index in [4.69, 9.17) is 0 Å². The number of aliphatic hydroxyl groups is 1. The molecule has 5 N–H and O–H groups in total. The lowest BCUT2D eigenvalue weighted by atomic mass is 9.88. The minimum atomic E-state index is -0.824.